The topological polar surface area (TPSA) is 32.3 Å². The van der Waals surface area contributed by atoms with E-state index in [1.165, 1.54) is 18.4 Å². The van der Waals surface area contributed by atoms with Gasteiger partial charge in [0.15, 0.2) is 0 Å². The molecule has 100 valence electrons. The second-order valence-electron chi connectivity index (χ2n) is 5.26. The van der Waals surface area contributed by atoms with Crippen LogP contribution in [0, 0.1) is 5.92 Å². The standard InChI is InChI=1S/C15H22BrNO/c16-14-5-1-12(2-6-14)9-10-17-11-13-3-7-15(18)8-4-13/h1-2,5-6,13,15,17-18H,3-4,7-11H2. The zero-order valence-electron chi connectivity index (χ0n) is 10.7. The van der Waals surface area contributed by atoms with Gasteiger partial charge in [-0.25, -0.2) is 0 Å². The summed E-state index contributed by atoms with van der Waals surface area (Å²) >= 11 is 3.45. The lowest BCUT2D eigenvalue weighted by molar-refractivity contribution is 0.108. The van der Waals surface area contributed by atoms with Gasteiger partial charge in [0, 0.05) is 4.47 Å². The van der Waals surface area contributed by atoms with Gasteiger partial charge in [-0.05, 0) is 68.8 Å². The molecule has 1 aliphatic rings. The van der Waals surface area contributed by atoms with Crippen LogP contribution < -0.4 is 5.32 Å². The number of aliphatic hydroxyl groups is 1. The van der Waals surface area contributed by atoms with E-state index >= 15 is 0 Å². The molecular weight excluding hydrogens is 290 g/mol. The third kappa shape index (κ3) is 4.71. The zero-order valence-corrected chi connectivity index (χ0v) is 12.3. The summed E-state index contributed by atoms with van der Waals surface area (Å²) in [6.45, 7) is 2.14. The Morgan fingerprint density at radius 3 is 2.44 bits per heavy atom. The first-order valence-electron chi connectivity index (χ1n) is 6.87. The molecule has 2 rings (SSSR count). The first-order valence-corrected chi connectivity index (χ1v) is 7.66. The van der Waals surface area contributed by atoms with Gasteiger partial charge in [-0.3, -0.25) is 0 Å². The summed E-state index contributed by atoms with van der Waals surface area (Å²) in [6.07, 6.45) is 5.36. The Kier molecular flexibility index (Phi) is 5.67. The van der Waals surface area contributed by atoms with E-state index in [4.69, 9.17) is 0 Å². The summed E-state index contributed by atoms with van der Waals surface area (Å²) in [5, 5.41) is 13.0. The molecule has 0 heterocycles. The normalized spacial score (nSPS) is 24.1. The number of benzene rings is 1. The molecule has 0 aromatic heterocycles. The predicted octanol–water partition coefficient (Wildman–Crippen LogP) is 3.13. The van der Waals surface area contributed by atoms with E-state index in [-0.39, 0.29) is 6.10 Å². The van der Waals surface area contributed by atoms with Crippen LogP contribution >= 0.6 is 15.9 Å². The van der Waals surface area contributed by atoms with E-state index in [1.807, 2.05) is 0 Å². The van der Waals surface area contributed by atoms with Gasteiger partial charge in [-0.2, -0.15) is 0 Å². The fraction of sp³-hybridized carbons (Fsp3) is 0.600. The number of aliphatic hydroxyl groups excluding tert-OH is 1. The second-order valence-corrected chi connectivity index (χ2v) is 6.17. The van der Waals surface area contributed by atoms with Gasteiger partial charge in [0.1, 0.15) is 0 Å². The smallest absolute Gasteiger partial charge is 0.0540 e. The zero-order chi connectivity index (χ0) is 12.8. The fourth-order valence-corrected chi connectivity index (χ4v) is 2.80. The second kappa shape index (κ2) is 7.27. The van der Waals surface area contributed by atoms with Crippen LogP contribution in [-0.4, -0.2) is 24.3 Å². The maximum Gasteiger partial charge on any atom is 0.0540 e. The van der Waals surface area contributed by atoms with Crippen molar-refractivity contribution in [2.24, 2.45) is 5.92 Å². The van der Waals surface area contributed by atoms with Gasteiger partial charge in [0.25, 0.3) is 0 Å². The van der Waals surface area contributed by atoms with Crippen molar-refractivity contribution in [3.63, 3.8) is 0 Å². The van der Waals surface area contributed by atoms with Crippen molar-refractivity contribution >= 4 is 15.9 Å². The van der Waals surface area contributed by atoms with E-state index in [1.54, 1.807) is 0 Å². The minimum absolute atomic E-state index is 0.0379. The van der Waals surface area contributed by atoms with Gasteiger partial charge < -0.3 is 10.4 Å². The van der Waals surface area contributed by atoms with Crippen molar-refractivity contribution < 1.29 is 5.11 Å². The van der Waals surface area contributed by atoms with Crippen LogP contribution in [0.3, 0.4) is 0 Å². The third-order valence-corrected chi connectivity index (χ3v) is 4.28. The molecule has 0 spiro atoms. The molecule has 1 saturated carbocycles. The lowest BCUT2D eigenvalue weighted by Gasteiger charge is -2.25. The van der Waals surface area contributed by atoms with Crippen molar-refractivity contribution in [1.29, 1.82) is 0 Å². The summed E-state index contributed by atoms with van der Waals surface area (Å²) in [5.41, 5.74) is 1.38. The fourth-order valence-electron chi connectivity index (χ4n) is 2.54. The van der Waals surface area contributed by atoms with E-state index in [0.717, 1.165) is 42.7 Å². The molecule has 1 aliphatic carbocycles. The molecule has 3 heteroatoms. The minimum atomic E-state index is -0.0379. The van der Waals surface area contributed by atoms with Crippen LogP contribution in [-0.2, 0) is 6.42 Å². The quantitative estimate of drug-likeness (QED) is 0.819. The molecule has 1 aromatic rings. The average Bonchev–Trinajstić information content (AvgIpc) is 2.39. The van der Waals surface area contributed by atoms with Crippen LogP contribution in [0.1, 0.15) is 31.2 Å². The predicted molar refractivity (Wildman–Crippen MR) is 78.7 cm³/mol. The molecule has 0 amide bonds. The number of hydrogen-bond donors (Lipinski definition) is 2. The summed E-state index contributed by atoms with van der Waals surface area (Å²) in [5.74, 6) is 0.762. The molecule has 2 N–H and O–H groups in total. The summed E-state index contributed by atoms with van der Waals surface area (Å²) < 4.78 is 1.14. The number of nitrogens with one attached hydrogen (secondary N) is 1. The van der Waals surface area contributed by atoms with Gasteiger partial charge in [-0.15, -0.1) is 0 Å². The Bertz CT molecular complexity index is 344. The Hall–Kier alpha value is -0.380. The Morgan fingerprint density at radius 1 is 1.11 bits per heavy atom. The van der Waals surface area contributed by atoms with Gasteiger partial charge >= 0.3 is 0 Å². The van der Waals surface area contributed by atoms with Crippen molar-refractivity contribution in [1.82, 2.24) is 5.32 Å². The number of hydrogen-bond acceptors (Lipinski definition) is 2. The first kappa shape index (κ1) is 14.0. The molecular formula is C15H22BrNO. The molecule has 1 fully saturated rings. The Morgan fingerprint density at radius 2 is 1.78 bits per heavy atom. The highest BCUT2D eigenvalue weighted by molar-refractivity contribution is 9.10. The highest BCUT2D eigenvalue weighted by Gasteiger charge is 2.18. The van der Waals surface area contributed by atoms with Crippen LogP contribution in [0.15, 0.2) is 28.7 Å². The largest absolute Gasteiger partial charge is 0.393 e. The van der Waals surface area contributed by atoms with Gasteiger partial charge in [-0.1, -0.05) is 28.1 Å². The molecule has 1 aromatic carbocycles. The molecule has 2 nitrogen and oxygen atoms in total. The Labute approximate surface area is 118 Å². The van der Waals surface area contributed by atoms with Crippen LogP contribution in [0.2, 0.25) is 0 Å². The SMILES string of the molecule is OC1CCC(CNCCc2ccc(Br)cc2)CC1. The third-order valence-electron chi connectivity index (χ3n) is 3.75. The van der Waals surface area contributed by atoms with Crippen molar-refractivity contribution in [3.05, 3.63) is 34.3 Å². The van der Waals surface area contributed by atoms with Crippen LogP contribution in [0.25, 0.3) is 0 Å². The van der Waals surface area contributed by atoms with Gasteiger partial charge in [0.05, 0.1) is 6.10 Å². The molecule has 0 aliphatic heterocycles. The molecule has 0 radical (unpaired) electrons. The highest BCUT2D eigenvalue weighted by atomic mass is 79.9. The molecule has 0 atom stereocenters. The summed E-state index contributed by atoms with van der Waals surface area (Å²) in [7, 11) is 0. The lowest BCUT2D eigenvalue weighted by Crippen LogP contribution is -2.29. The first-order chi connectivity index (χ1) is 8.74. The van der Waals surface area contributed by atoms with Crippen molar-refractivity contribution in [2.75, 3.05) is 13.1 Å². The van der Waals surface area contributed by atoms with Crippen molar-refractivity contribution in [3.8, 4) is 0 Å². The number of halogens is 1. The molecule has 0 bridgehead atoms. The monoisotopic (exact) mass is 311 g/mol. The van der Waals surface area contributed by atoms with E-state index < -0.39 is 0 Å². The maximum absolute atomic E-state index is 9.45. The van der Waals surface area contributed by atoms with Crippen LogP contribution in [0.5, 0.6) is 0 Å². The molecule has 0 saturated heterocycles. The average molecular weight is 312 g/mol. The molecule has 18 heavy (non-hydrogen) atoms. The molecule has 0 unspecified atom stereocenters. The van der Waals surface area contributed by atoms with Crippen LogP contribution in [0.4, 0.5) is 0 Å². The maximum atomic E-state index is 9.45. The Balaban J connectivity index is 1.60. The van der Waals surface area contributed by atoms with Crippen molar-refractivity contribution in [2.45, 2.75) is 38.2 Å². The van der Waals surface area contributed by atoms with E-state index in [0.29, 0.717) is 0 Å². The van der Waals surface area contributed by atoms with E-state index in [2.05, 4.69) is 45.5 Å². The minimum Gasteiger partial charge on any atom is -0.393 e. The number of rotatable bonds is 5. The summed E-state index contributed by atoms with van der Waals surface area (Å²) in [4.78, 5) is 0. The lowest BCUT2D eigenvalue weighted by atomic mass is 9.87. The van der Waals surface area contributed by atoms with Gasteiger partial charge in [0.2, 0.25) is 0 Å². The highest BCUT2D eigenvalue weighted by Crippen LogP contribution is 2.23. The summed E-state index contributed by atoms with van der Waals surface area (Å²) in [6, 6.07) is 8.53. The van der Waals surface area contributed by atoms with E-state index in [9.17, 15) is 5.11 Å².